The van der Waals surface area contributed by atoms with Crippen molar-refractivity contribution in [2.75, 3.05) is 19.0 Å². The highest BCUT2D eigenvalue weighted by Crippen LogP contribution is 2.28. The summed E-state index contributed by atoms with van der Waals surface area (Å²) in [4.78, 5) is 28.5. The van der Waals surface area contributed by atoms with E-state index in [1.165, 1.54) is 39.6 Å². The Morgan fingerprint density at radius 3 is 2.78 bits per heavy atom. The molecule has 2 aromatic heterocycles. The lowest BCUT2D eigenvalue weighted by Gasteiger charge is -2.22. The number of hydrogen-bond donors (Lipinski definition) is 1. The third kappa shape index (κ3) is 3.75. The van der Waals surface area contributed by atoms with Crippen LogP contribution in [-0.2, 0) is 26.6 Å². The number of rotatable bonds is 5. The van der Waals surface area contributed by atoms with Crippen molar-refractivity contribution < 1.29 is 22.7 Å². The molecular formula is C16H20N4O5S2. The zero-order valence-electron chi connectivity index (χ0n) is 15.1. The Kier molecular flexibility index (Phi) is 5.36. The van der Waals surface area contributed by atoms with Crippen LogP contribution in [0.1, 0.15) is 29.0 Å². The van der Waals surface area contributed by atoms with Crippen LogP contribution in [0.5, 0.6) is 0 Å². The van der Waals surface area contributed by atoms with Crippen molar-refractivity contribution in [1.29, 1.82) is 0 Å². The number of sulfonamides is 1. The van der Waals surface area contributed by atoms with E-state index in [1.807, 2.05) is 6.92 Å². The summed E-state index contributed by atoms with van der Waals surface area (Å²) in [7, 11) is -1.15. The van der Waals surface area contributed by atoms with Gasteiger partial charge in [0.05, 0.1) is 12.8 Å². The van der Waals surface area contributed by atoms with Crippen LogP contribution >= 0.6 is 11.3 Å². The first-order valence-electron chi connectivity index (χ1n) is 8.23. The summed E-state index contributed by atoms with van der Waals surface area (Å²) in [5.74, 6) is -1.04. The van der Waals surface area contributed by atoms with E-state index < -0.39 is 27.9 Å². The lowest BCUT2D eigenvalue weighted by Crippen LogP contribution is -2.43. The Morgan fingerprint density at radius 2 is 2.15 bits per heavy atom. The second kappa shape index (κ2) is 7.41. The topological polar surface area (TPSA) is 111 Å². The van der Waals surface area contributed by atoms with E-state index in [1.54, 1.807) is 12.4 Å². The first kappa shape index (κ1) is 19.5. The van der Waals surface area contributed by atoms with E-state index in [2.05, 4.69) is 15.0 Å². The smallest absolute Gasteiger partial charge is 0.354 e. The summed E-state index contributed by atoms with van der Waals surface area (Å²) < 4.78 is 33.3. The molecule has 1 saturated heterocycles. The Hall–Kier alpha value is -2.24. The molecule has 1 atom stereocenters. The molecule has 1 aliphatic heterocycles. The molecule has 0 saturated carbocycles. The molecule has 1 N–H and O–H groups in total. The van der Waals surface area contributed by atoms with Crippen LogP contribution < -0.4 is 5.32 Å². The van der Waals surface area contributed by atoms with E-state index in [4.69, 9.17) is 0 Å². The average molecular weight is 412 g/mol. The Morgan fingerprint density at radius 1 is 1.41 bits per heavy atom. The summed E-state index contributed by atoms with van der Waals surface area (Å²) in [6.45, 7) is 2.05. The predicted molar refractivity (Wildman–Crippen MR) is 99.1 cm³/mol. The number of carbonyl (C=O) groups excluding carboxylic acids is 2. The lowest BCUT2D eigenvalue weighted by molar-refractivity contribution is -0.119. The molecule has 0 radical (unpaired) electrons. The van der Waals surface area contributed by atoms with E-state index in [0.717, 1.165) is 5.69 Å². The minimum atomic E-state index is -3.94. The fourth-order valence-electron chi connectivity index (χ4n) is 3.01. The van der Waals surface area contributed by atoms with Gasteiger partial charge < -0.3 is 14.6 Å². The first-order valence-corrected chi connectivity index (χ1v) is 10.6. The second-order valence-corrected chi connectivity index (χ2v) is 8.97. The first-order chi connectivity index (χ1) is 12.7. The van der Waals surface area contributed by atoms with Crippen molar-refractivity contribution in [2.45, 2.75) is 30.7 Å². The molecule has 27 heavy (non-hydrogen) atoms. The molecule has 1 aliphatic rings. The largest absolute Gasteiger partial charge is 0.464 e. The van der Waals surface area contributed by atoms with Crippen molar-refractivity contribution in [3.8, 4) is 0 Å². The quantitative estimate of drug-likeness (QED) is 0.743. The molecule has 9 nitrogen and oxygen atoms in total. The van der Waals surface area contributed by atoms with Crippen LogP contribution in [-0.4, -0.2) is 53.8 Å². The Balaban J connectivity index is 1.85. The fraction of sp³-hybridized carbons (Fsp3) is 0.438. The van der Waals surface area contributed by atoms with Gasteiger partial charge in [-0.3, -0.25) is 4.79 Å². The maximum absolute atomic E-state index is 13.0. The zero-order chi connectivity index (χ0) is 19.8. The van der Waals surface area contributed by atoms with Gasteiger partial charge in [0.15, 0.2) is 5.13 Å². The highest BCUT2D eigenvalue weighted by atomic mass is 32.2. The number of hydrogen-bond acceptors (Lipinski definition) is 7. The van der Waals surface area contributed by atoms with Crippen LogP contribution in [0.2, 0.25) is 0 Å². The molecule has 1 fully saturated rings. The number of esters is 1. The van der Waals surface area contributed by atoms with Crippen LogP contribution in [0.15, 0.2) is 22.5 Å². The molecule has 0 spiro atoms. The van der Waals surface area contributed by atoms with E-state index in [-0.39, 0.29) is 17.1 Å². The van der Waals surface area contributed by atoms with Gasteiger partial charge in [-0.25, -0.2) is 18.2 Å². The van der Waals surface area contributed by atoms with Crippen LogP contribution in [0, 0.1) is 6.92 Å². The van der Waals surface area contributed by atoms with Crippen molar-refractivity contribution >= 4 is 38.4 Å². The summed E-state index contributed by atoms with van der Waals surface area (Å²) in [6, 6.07) is 0.444. The van der Waals surface area contributed by atoms with Crippen molar-refractivity contribution in [3.63, 3.8) is 0 Å². The van der Waals surface area contributed by atoms with Gasteiger partial charge in [0.1, 0.15) is 16.6 Å². The third-order valence-electron chi connectivity index (χ3n) is 4.34. The van der Waals surface area contributed by atoms with E-state index >= 15 is 0 Å². The number of thiazole rings is 1. The Labute approximate surface area is 161 Å². The number of methoxy groups -OCH3 is 1. The van der Waals surface area contributed by atoms with Gasteiger partial charge in [0.25, 0.3) is 0 Å². The van der Waals surface area contributed by atoms with Gasteiger partial charge in [-0.15, -0.1) is 11.3 Å². The average Bonchev–Trinajstić information content (AvgIpc) is 3.34. The molecule has 3 rings (SSSR count). The van der Waals surface area contributed by atoms with Gasteiger partial charge in [0, 0.05) is 25.2 Å². The maximum Gasteiger partial charge on any atom is 0.354 e. The third-order valence-corrected chi connectivity index (χ3v) is 7.09. The summed E-state index contributed by atoms with van der Waals surface area (Å²) in [5.41, 5.74) is 0.903. The van der Waals surface area contributed by atoms with E-state index in [0.29, 0.717) is 18.0 Å². The SMILES string of the molecule is COC(=O)c1cc(S(=O)(=O)N2CCCC2C(=O)Nc2nc(C)cs2)cn1C. The number of anilines is 1. The van der Waals surface area contributed by atoms with Gasteiger partial charge in [-0.2, -0.15) is 4.31 Å². The molecule has 1 amide bonds. The predicted octanol–water partition coefficient (Wildman–Crippen LogP) is 1.37. The fourth-order valence-corrected chi connectivity index (χ4v) is 5.43. The zero-order valence-corrected chi connectivity index (χ0v) is 16.8. The van der Waals surface area contributed by atoms with Crippen molar-refractivity contribution in [2.24, 2.45) is 7.05 Å². The molecule has 1 unspecified atom stereocenters. The maximum atomic E-state index is 13.0. The van der Waals surface area contributed by atoms with Gasteiger partial charge in [-0.05, 0) is 25.8 Å². The minimum absolute atomic E-state index is 0.0461. The van der Waals surface area contributed by atoms with E-state index in [9.17, 15) is 18.0 Å². The number of nitrogens with one attached hydrogen (secondary N) is 1. The summed E-state index contributed by atoms with van der Waals surface area (Å²) >= 11 is 1.29. The van der Waals surface area contributed by atoms with Gasteiger partial charge in [0.2, 0.25) is 15.9 Å². The number of nitrogens with zero attached hydrogens (tertiary/aromatic N) is 3. The minimum Gasteiger partial charge on any atom is -0.464 e. The molecule has 11 heteroatoms. The molecule has 2 aromatic rings. The van der Waals surface area contributed by atoms with Crippen molar-refractivity contribution in [3.05, 3.63) is 29.0 Å². The molecule has 0 aromatic carbocycles. The molecule has 3 heterocycles. The van der Waals surface area contributed by atoms with Crippen LogP contribution in [0.4, 0.5) is 5.13 Å². The second-order valence-electron chi connectivity index (χ2n) is 6.22. The summed E-state index contributed by atoms with van der Waals surface area (Å²) in [5, 5.41) is 4.93. The number of ether oxygens (including phenoxy) is 1. The molecule has 146 valence electrons. The summed E-state index contributed by atoms with van der Waals surface area (Å²) in [6.07, 6.45) is 2.34. The molecule has 0 bridgehead atoms. The normalized spacial score (nSPS) is 17.8. The number of carbonyl (C=O) groups is 2. The van der Waals surface area contributed by atoms with Gasteiger partial charge >= 0.3 is 5.97 Å². The highest BCUT2D eigenvalue weighted by Gasteiger charge is 2.40. The van der Waals surface area contributed by atoms with Gasteiger partial charge in [-0.1, -0.05) is 0 Å². The Bertz CT molecular complexity index is 979. The lowest BCUT2D eigenvalue weighted by atomic mass is 10.2. The number of amides is 1. The molecule has 0 aliphatic carbocycles. The van der Waals surface area contributed by atoms with Crippen molar-refractivity contribution in [1.82, 2.24) is 13.9 Å². The molecular weight excluding hydrogens is 392 g/mol. The number of aromatic nitrogens is 2. The highest BCUT2D eigenvalue weighted by molar-refractivity contribution is 7.89. The number of aryl methyl sites for hydroxylation is 2. The monoisotopic (exact) mass is 412 g/mol. The van der Waals surface area contributed by atoms with Crippen LogP contribution in [0.25, 0.3) is 0 Å². The van der Waals surface area contributed by atoms with Crippen LogP contribution in [0.3, 0.4) is 0 Å². The standard InChI is InChI=1S/C16H20N4O5S2/c1-10-9-26-16(17-10)18-14(21)12-5-4-6-20(12)27(23,24)11-7-13(15(22)25-3)19(2)8-11/h7-9,12H,4-6H2,1-3H3,(H,17,18,21).